The number of nitrogens with two attached hydrogens (primary N) is 1. The molecule has 3 N–H and O–H groups in total. The molecule has 5 nitrogen and oxygen atoms in total. The van der Waals surface area contributed by atoms with Crippen LogP contribution < -0.4 is 11.1 Å². The first-order valence-corrected chi connectivity index (χ1v) is 6.53. The third-order valence-corrected chi connectivity index (χ3v) is 3.38. The molecule has 0 heterocycles. The lowest BCUT2D eigenvalue weighted by Crippen LogP contribution is -2.53. The third-order valence-electron chi connectivity index (χ3n) is 3.38. The summed E-state index contributed by atoms with van der Waals surface area (Å²) in [5, 5.41) is 2.95. The zero-order valence-electron chi connectivity index (χ0n) is 12.2. The number of hydrogen-bond donors (Lipinski definition) is 2. The van der Waals surface area contributed by atoms with Crippen LogP contribution in [0.15, 0.2) is 0 Å². The van der Waals surface area contributed by atoms with Crippen molar-refractivity contribution in [1.82, 2.24) is 10.2 Å². The van der Waals surface area contributed by atoms with E-state index in [9.17, 15) is 9.59 Å². The second-order valence-corrected chi connectivity index (χ2v) is 5.99. The molecule has 0 spiro atoms. The molecule has 2 atom stereocenters. The van der Waals surface area contributed by atoms with E-state index in [-0.39, 0.29) is 36.2 Å². The number of carbonyl (C=O) groups excluding carboxylic acids is 2. The summed E-state index contributed by atoms with van der Waals surface area (Å²) in [5.74, 6) is 0.0337. The first kappa shape index (κ1) is 18.2. The minimum Gasteiger partial charge on any atom is -0.352 e. The largest absolute Gasteiger partial charge is 0.352 e. The fourth-order valence-electron chi connectivity index (χ4n) is 2.28. The van der Waals surface area contributed by atoms with Gasteiger partial charge in [0.25, 0.3) is 0 Å². The van der Waals surface area contributed by atoms with Crippen molar-refractivity contribution in [2.24, 2.45) is 11.7 Å². The third kappa shape index (κ3) is 5.37. The molecule has 0 aliphatic heterocycles. The maximum atomic E-state index is 11.9. The maximum Gasteiger partial charge on any atom is 0.239 e. The molecule has 0 saturated heterocycles. The predicted octanol–water partition coefficient (Wildman–Crippen LogP) is 0.909. The first-order valence-electron chi connectivity index (χ1n) is 6.53. The van der Waals surface area contributed by atoms with Crippen LogP contribution in [0, 0.1) is 5.92 Å². The van der Waals surface area contributed by atoms with E-state index < -0.39 is 5.54 Å². The number of hydrogen-bond acceptors (Lipinski definition) is 3. The highest BCUT2D eigenvalue weighted by atomic mass is 35.5. The molecule has 1 rings (SSSR count). The average Bonchev–Trinajstić information content (AvgIpc) is 2.27. The summed E-state index contributed by atoms with van der Waals surface area (Å²) in [7, 11) is 3.54. The highest BCUT2D eigenvalue weighted by Crippen LogP contribution is 2.25. The summed E-state index contributed by atoms with van der Waals surface area (Å²) in [5.41, 5.74) is 4.89. The van der Waals surface area contributed by atoms with Crippen LogP contribution in [-0.4, -0.2) is 42.4 Å². The fourth-order valence-corrected chi connectivity index (χ4v) is 2.28. The Labute approximate surface area is 121 Å². The lowest BCUT2D eigenvalue weighted by Gasteiger charge is -2.32. The van der Waals surface area contributed by atoms with Gasteiger partial charge in [-0.1, -0.05) is 6.42 Å². The van der Waals surface area contributed by atoms with Gasteiger partial charge in [0.2, 0.25) is 11.8 Å². The van der Waals surface area contributed by atoms with Gasteiger partial charge in [0, 0.05) is 26.1 Å². The van der Waals surface area contributed by atoms with Gasteiger partial charge in [0.05, 0.1) is 5.54 Å². The van der Waals surface area contributed by atoms with Crippen molar-refractivity contribution >= 4 is 24.2 Å². The van der Waals surface area contributed by atoms with E-state index in [0.29, 0.717) is 0 Å². The molecule has 112 valence electrons. The number of rotatable bonds is 3. The lowest BCUT2D eigenvalue weighted by molar-refractivity contribution is -0.135. The van der Waals surface area contributed by atoms with Crippen molar-refractivity contribution in [3.05, 3.63) is 0 Å². The van der Waals surface area contributed by atoms with Crippen LogP contribution in [-0.2, 0) is 9.59 Å². The van der Waals surface area contributed by atoms with Crippen LogP contribution >= 0.6 is 12.4 Å². The second kappa shape index (κ2) is 7.10. The summed E-state index contributed by atoms with van der Waals surface area (Å²) < 4.78 is 0. The quantitative estimate of drug-likeness (QED) is 0.811. The van der Waals surface area contributed by atoms with E-state index in [1.807, 2.05) is 0 Å². The highest BCUT2D eigenvalue weighted by Gasteiger charge is 2.31. The van der Waals surface area contributed by atoms with Gasteiger partial charge in [-0.15, -0.1) is 12.4 Å². The van der Waals surface area contributed by atoms with E-state index in [0.717, 1.165) is 25.7 Å². The van der Waals surface area contributed by atoms with Gasteiger partial charge in [-0.05, 0) is 33.1 Å². The molecule has 2 amide bonds. The van der Waals surface area contributed by atoms with Gasteiger partial charge < -0.3 is 16.0 Å². The van der Waals surface area contributed by atoms with Crippen LogP contribution in [0.4, 0.5) is 0 Å². The second-order valence-electron chi connectivity index (χ2n) is 5.99. The Bertz CT molecular complexity index is 326. The van der Waals surface area contributed by atoms with Gasteiger partial charge in [0.15, 0.2) is 0 Å². The normalized spacial score (nSPS) is 23.2. The molecular weight excluding hydrogens is 266 g/mol. The van der Waals surface area contributed by atoms with Crippen molar-refractivity contribution in [2.45, 2.75) is 51.1 Å². The summed E-state index contributed by atoms with van der Waals surface area (Å²) in [6.45, 7) is 3.38. The molecule has 1 fully saturated rings. The van der Waals surface area contributed by atoms with Gasteiger partial charge in [-0.3, -0.25) is 9.59 Å². The fraction of sp³-hybridized carbons (Fsp3) is 0.846. The Kier molecular flexibility index (Phi) is 6.80. The van der Waals surface area contributed by atoms with E-state index in [2.05, 4.69) is 5.32 Å². The van der Waals surface area contributed by atoms with Crippen molar-refractivity contribution < 1.29 is 9.59 Å². The van der Waals surface area contributed by atoms with E-state index >= 15 is 0 Å². The monoisotopic (exact) mass is 291 g/mol. The Morgan fingerprint density at radius 2 is 1.84 bits per heavy atom. The molecule has 0 aromatic carbocycles. The molecule has 6 heteroatoms. The Balaban J connectivity index is 0.00000324. The number of carbonyl (C=O) groups is 2. The molecule has 0 aromatic rings. The zero-order chi connectivity index (χ0) is 13.9. The van der Waals surface area contributed by atoms with E-state index in [1.54, 1.807) is 32.8 Å². The Hall–Kier alpha value is -0.810. The average molecular weight is 292 g/mol. The van der Waals surface area contributed by atoms with Gasteiger partial charge >= 0.3 is 0 Å². The van der Waals surface area contributed by atoms with Crippen molar-refractivity contribution in [1.29, 1.82) is 0 Å². The van der Waals surface area contributed by atoms with Crippen LogP contribution in [0.2, 0.25) is 0 Å². The molecule has 2 unspecified atom stereocenters. The number of amides is 2. The van der Waals surface area contributed by atoms with Crippen molar-refractivity contribution in [3.63, 3.8) is 0 Å². The topological polar surface area (TPSA) is 75.4 Å². The molecule has 0 bridgehead atoms. The SMILES string of the molecule is CN(C)C(=O)C1CCCC(NC(=O)C(C)(C)N)C1.Cl. The smallest absolute Gasteiger partial charge is 0.239 e. The van der Waals surface area contributed by atoms with Crippen LogP contribution in [0.3, 0.4) is 0 Å². The van der Waals surface area contributed by atoms with Crippen LogP contribution in [0.1, 0.15) is 39.5 Å². The Morgan fingerprint density at radius 3 is 2.32 bits per heavy atom. The summed E-state index contributed by atoms with van der Waals surface area (Å²) in [6, 6.07) is 0.0722. The summed E-state index contributed by atoms with van der Waals surface area (Å²) in [4.78, 5) is 25.4. The molecule has 0 aromatic heterocycles. The summed E-state index contributed by atoms with van der Waals surface area (Å²) >= 11 is 0. The predicted molar refractivity (Wildman–Crippen MR) is 78.1 cm³/mol. The molecule has 1 aliphatic carbocycles. The van der Waals surface area contributed by atoms with Gasteiger partial charge in [-0.25, -0.2) is 0 Å². The molecule has 19 heavy (non-hydrogen) atoms. The van der Waals surface area contributed by atoms with Gasteiger partial charge in [-0.2, -0.15) is 0 Å². The number of halogens is 1. The first-order chi connectivity index (χ1) is 8.21. The molecule has 1 aliphatic rings. The molecule has 0 radical (unpaired) electrons. The Morgan fingerprint density at radius 1 is 1.26 bits per heavy atom. The highest BCUT2D eigenvalue weighted by molar-refractivity contribution is 5.85. The van der Waals surface area contributed by atoms with Crippen LogP contribution in [0.25, 0.3) is 0 Å². The number of nitrogens with one attached hydrogen (secondary N) is 1. The van der Waals surface area contributed by atoms with Crippen LogP contribution in [0.5, 0.6) is 0 Å². The minimum atomic E-state index is -0.863. The van der Waals surface area contributed by atoms with E-state index in [4.69, 9.17) is 5.73 Å². The maximum absolute atomic E-state index is 11.9. The van der Waals surface area contributed by atoms with E-state index in [1.165, 1.54) is 0 Å². The van der Waals surface area contributed by atoms with Gasteiger partial charge in [0.1, 0.15) is 0 Å². The minimum absolute atomic E-state index is 0. The standard InChI is InChI=1S/C13H25N3O2.ClH/c1-13(2,14)12(18)15-10-7-5-6-9(8-10)11(17)16(3)4;/h9-10H,5-8,14H2,1-4H3,(H,15,18);1H. The van der Waals surface area contributed by atoms with Crippen molar-refractivity contribution in [3.8, 4) is 0 Å². The number of nitrogens with zero attached hydrogens (tertiary/aromatic N) is 1. The zero-order valence-corrected chi connectivity index (χ0v) is 13.0. The summed E-state index contributed by atoms with van der Waals surface area (Å²) in [6.07, 6.45) is 3.54. The van der Waals surface area contributed by atoms with Crippen molar-refractivity contribution in [2.75, 3.05) is 14.1 Å². The molecular formula is C13H26ClN3O2. The molecule has 1 saturated carbocycles. The lowest BCUT2D eigenvalue weighted by atomic mass is 9.84.